The highest BCUT2D eigenvalue weighted by Crippen LogP contribution is 2.22. The number of likely N-dealkylation sites (tertiary alicyclic amines) is 1. The average molecular weight is 754 g/mol. The van der Waals surface area contributed by atoms with Crippen molar-refractivity contribution in [2.24, 2.45) is 17.4 Å². The minimum Gasteiger partial charge on any atom is -0.469 e. The van der Waals surface area contributed by atoms with Crippen molar-refractivity contribution >= 4 is 30.0 Å². The van der Waals surface area contributed by atoms with E-state index in [0.29, 0.717) is 42.7 Å². The number of amides is 3. The molecule has 0 saturated carbocycles. The van der Waals surface area contributed by atoms with Crippen molar-refractivity contribution < 1.29 is 42.9 Å². The molecule has 1 aliphatic heterocycles. The number of hydrogen-bond donors (Lipinski definition) is 4. The van der Waals surface area contributed by atoms with Gasteiger partial charge in [-0.1, -0.05) is 71.7 Å². The number of aryl methyl sites for hydroxylation is 1. The van der Waals surface area contributed by atoms with Crippen molar-refractivity contribution in [1.82, 2.24) is 15.5 Å². The van der Waals surface area contributed by atoms with E-state index in [4.69, 9.17) is 30.4 Å². The lowest BCUT2D eigenvalue weighted by Crippen LogP contribution is -2.42. The number of hydrogen-bond acceptors (Lipinski definition) is 11. The normalized spacial score (nSPS) is 17.0. The summed E-state index contributed by atoms with van der Waals surface area (Å²) in [6.07, 6.45) is 6.13. The first-order valence-corrected chi connectivity index (χ1v) is 17.8. The average Bonchev–Trinajstić information content (AvgIpc) is 3.63. The van der Waals surface area contributed by atoms with Crippen LogP contribution in [0.1, 0.15) is 47.1 Å². The number of ether oxygens (including phenoxy) is 4. The molecule has 55 heavy (non-hydrogen) atoms. The number of methoxy groups -OCH3 is 2. The molecule has 3 unspecified atom stereocenters. The number of nitrogens with one attached hydrogen (secondary N) is 2. The predicted molar refractivity (Wildman–Crippen MR) is 203 cm³/mol. The van der Waals surface area contributed by atoms with Crippen molar-refractivity contribution in [3.8, 4) is 23.7 Å². The van der Waals surface area contributed by atoms with Crippen LogP contribution in [-0.4, -0.2) is 94.1 Å². The summed E-state index contributed by atoms with van der Waals surface area (Å²) in [6.45, 7) is 0.991. The minimum atomic E-state index is -0.840. The van der Waals surface area contributed by atoms with Crippen molar-refractivity contribution in [2.45, 2.75) is 50.7 Å². The molecule has 2 aromatic carbocycles. The summed E-state index contributed by atoms with van der Waals surface area (Å²) in [5.74, 6) is 10.3. The fraction of sp³-hybridized carbons (Fsp3) is 0.390. The minimum absolute atomic E-state index is 0.0233. The summed E-state index contributed by atoms with van der Waals surface area (Å²) in [5, 5.41) is 5.44. The highest BCUT2D eigenvalue weighted by Gasteiger charge is 2.40. The number of carbonyl (C=O) groups is 5. The standard InChI is InChI=1S/C41H47N5O9/c1-52-38(48)22-34-19-30(8-4-16-54-40(50)44-26-33-7-3-6-32(21-33)25-43)18-31(20-34)9-5-17-55-41(51)45-35-23-36(39(49)53-2)46(27-35)37(47)15-14-28-10-12-29(24-42)13-11-28/h3,6-7,10-13,18-20,33,35-36H,14-17,21-27,42-43H2,1-2H3,(H,44,50)(H,45,51). The van der Waals surface area contributed by atoms with Gasteiger partial charge in [-0.2, -0.15) is 0 Å². The van der Waals surface area contributed by atoms with E-state index >= 15 is 0 Å². The maximum Gasteiger partial charge on any atom is 0.408 e. The fourth-order valence-electron chi connectivity index (χ4n) is 6.06. The van der Waals surface area contributed by atoms with Gasteiger partial charge in [-0.3, -0.25) is 9.59 Å². The first kappa shape index (κ1) is 41.7. The molecule has 6 N–H and O–H groups in total. The number of carbonyl (C=O) groups excluding carboxylic acids is 5. The van der Waals surface area contributed by atoms with Gasteiger partial charge in [-0.15, -0.1) is 0 Å². The Labute approximate surface area is 320 Å². The van der Waals surface area contributed by atoms with Gasteiger partial charge in [0, 0.05) is 50.1 Å². The molecule has 2 aliphatic rings. The molecule has 14 heteroatoms. The van der Waals surface area contributed by atoms with Gasteiger partial charge >= 0.3 is 24.1 Å². The van der Waals surface area contributed by atoms with Crippen molar-refractivity contribution in [3.05, 3.63) is 94.1 Å². The Morgan fingerprint density at radius 2 is 1.53 bits per heavy atom. The summed E-state index contributed by atoms with van der Waals surface area (Å²) >= 11 is 0. The summed E-state index contributed by atoms with van der Waals surface area (Å²) < 4.78 is 20.2. The van der Waals surface area contributed by atoms with Crippen LogP contribution >= 0.6 is 0 Å². The molecule has 14 nitrogen and oxygen atoms in total. The number of nitrogens with two attached hydrogens (primary N) is 2. The van der Waals surface area contributed by atoms with E-state index in [1.807, 2.05) is 42.5 Å². The molecule has 3 amide bonds. The van der Waals surface area contributed by atoms with E-state index in [2.05, 4.69) is 34.3 Å². The Kier molecular flexibility index (Phi) is 16.3. The van der Waals surface area contributed by atoms with Crippen LogP contribution in [0.15, 0.2) is 66.3 Å². The van der Waals surface area contributed by atoms with E-state index < -0.39 is 36.2 Å². The fourth-order valence-corrected chi connectivity index (χ4v) is 6.06. The first-order valence-electron chi connectivity index (χ1n) is 17.8. The third-order valence-electron chi connectivity index (χ3n) is 8.90. The Morgan fingerprint density at radius 1 is 0.855 bits per heavy atom. The van der Waals surface area contributed by atoms with E-state index in [1.165, 1.54) is 19.1 Å². The number of benzene rings is 2. The maximum absolute atomic E-state index is 13.1. The lowest BCUT2D eigenvalue weighted by molar-refractivity contribution is -0.150. The topological polar surface area (TPSA) is 202 Å². The van der Waals surface area contributed by atoms with E-state index in [9.17, 15) is 24.0 Å². The van der Waals surface area contributed by atoms with Gasteiger partial charge < -0.3 is 45.9 Å². The number of allylic oxidation sites excluding steroid dienone is 2. The number of rotatable bonds is 13. The zero-order chi connectivity index (χ0) is 39.6. The van der Waals surface area contributed by atoms with Crippen molar-refractivity contribution in [2.75, 3.05) is 47.1 Å². The second kappa shape index (κ2) is 21.6. The van der Waals surface area contributed by atoms with E-state index in [0.717, 1.165) is 23.1 Å². The molecular formula is C41H47N5O9. The van der Waals surface area contributed by atoms with Crippen LogP contribution in [0.2, 0.25) is 0 Å². The maximum atomic E-state index is 13.1. The number of alkyl carbamates (subject to hydrolysis) is 2. The van der Waals surface area contributed by atoms with Crippen LogP contribution in [0.3, 0.4) is 0 Å². The summed E-state index contributed by atoms with van der Waals surface area (Å²) in [6, 6.07) is 11.4. The van der Waals surface area contributed by atoms with Crippen LogP contribution in [0.5, 0.6) is 0 Å². The zero-order valence-corrected chi connectivity index (χ0v) is 31.1. The zero-order valence-electron chi connectivity index (χ0n) is 31.1. The number of esters is 2. The second-order valence-electron chi connectivity index (χ2n) is 12.9. The van der Waals surface area contributed by atoms with Crippen LogP contribution in [0.25, 0.3) is 0 Å². The van der Waals surface area contributed by atoms with Crippen molar-refractivity contribution in [1.29, 1.82) is 0 Å². The van der Waals surface area contributed by atoms with Gasteiger partial charge in [-0.25, -0.2) is 14.4 Å². The van der Waals surface area contributed by atoms with Crippen molar-refractivity contribution in [3.63, 3.8) is 0 Å². The quantitative estimate of drug-likeness (QED) is 0.133. The van der Waals surface area contributed by atoms with Gasteiger partial charge in [0.2, 0.25) is 5.91 Å². The van der Waals surface area contributed by atoms with E-state index in [-0.39, 0.29) is 50.8 Å². The largest absolute Gasteiger partial charge is 0.469 e. The molecule has 4 rings (SSSR count). The lowest BCUT2D eigenvalue weighted by Gasteiger charge is -2.22. The monoisotopic (exact) mass is 753 g/mol. The molecule has 0 aromatic heterocycles. The Morgan fingerprint density at radius 3 is 2.16 bits per heavy atom. The Bertz CT molecular complexity index is 1880. The Balaban J connectivity index is 1.28. The van der Waals surface area contributed by atoms with Gasteiger partial charge in [0.25, 0.3) is 0 Å². The molecule has 0 radical (unpaired) electrons. The van der Waals surface area contributed by atoms with Crippen LogP contribution in [-0.2, 0) is 52.7 Å². The molecule has 0 spiro atoms. The second-order valence-corrected chi connectivity index (χ2v) is 12.9. The highest BCUT2D eigenvalue weighted by atomic mass is 16.6. The molecular weight excluding hydrogens is 706 g/mol. The SMILES string of the molecule is COC(=O)Cc1cc(C#CCOC(=O)NCC2C=CC=C(CN)C2)cc(C#CCOC(=O)NC2CC(C(=O)OC)N(C(=O)CCc3ccc(CN)cc3)C2)c1. The molecule has 1 aliphatic carbocycles. The third kappa shape index (κ3) is 13.7. The van der Waals surface area contributed by atoms with Crippen LogP contribution in [0.4, 0.5) is 9.59 Å². The lowest BCUT2D eigenvalue weighted by atomic mass is 9.94. The van der Waals surface area contributed by atoms with Gasteiger partial charge in [0.15, 0.2) is 13.2 Å². The van der Waals surface area contributed by atoms with Gasteiger partial charge in [-0.05, 0) is 53.6 Å². The van der Waals surface area contributed by atoms with Crippen LogP contribution < -0.4 is 22.1 Å². The smallest absolute Gasteiger partial charge is 0.408 e. The summed E-state index contributed by atoms with van der Waals surface area (Å²) in [4.78, 5) is 63.9. The molecule has 1 fully saturated rings. The Hall–Kier alpha value is -6.09. The molecule has 290 valence electrons. The number of nitrogens with zero attached hydrogens (tertiary/aromatic N) is 1. The third-order valence-corrected chi connectivity index (χ3v) is 8.90. The summed E-state index contributed by atoms with van der Waals surface area (Å²) in [7, 11) is 2.54. The molecule has 1 heterocycles. The van der Waals surface area contributed by atoms with Crippen LogP contribution in [0, 0.1) is 29.6 Å². The summed E-state index contributed by atoms with van der Waals surface area (Å²) in [5.41, 5.74) is 16.1. The van der Waals surface area contributed by atoms with Gasteiger partial charge in [0.05, 0.1) is 26.7 Å². The molecule has 2 aromatic rings. The predicted octanol–water partition coefficient (Wildman–Crippen LogP) is 2.25. The highest BCUT2D eigenvalue weighted by molar-refractivity contribution is 5.85. The molecule has 3 atom stereocenters. The first-order chi connectivity index (χ1) is 26.6. The van der Waals surface area contributed by atoms with Gasteiger partial charge in [0.1, 0.15) is 6.04 Å². The molecule has 0 bridgehead atoms. The molecule has 1 saturated heterocycles. The van der Waals surface area contributed by atoms with E-state index in [1.54, 1.807) is 18.2 Å².